The standard InChI is InChI=1S/C15H30N2O/c1-3-9-16-12-13(4-2)17-10-11-18-15-8-6-5-7-14(15)17/h13-16H,3-12H2,1-2H3. The summed E-state index contributed by atoms with van der Waals surface area (Å²) >= 11 is 0. The van der Waals surface area contributed by atoms with Crippen LogP contribution in [0.4, 0.5) is 0 Å². The van der Waals surface area contributed by atoms with E-state index in [1.165, 1.54) is 38.5 Å². The van der Waals surface area contributed by atoms with Crippen LogP contribution in [0.25, 0.3) is 0 Å². The summed E-state index contributed by atoms with van der Waals surface area (Å²) in [5.41, 5.74) is 0. The van der Waals surface area contributed by atoms with Crippen molar-refractivity contribution in [3.63, 3.8) is 0 Å². The van der Waals surface area contributed by atoms with E-state index >= 15 is 0 Å². The van der Waals surface area contributed by atoms with Gasteiger partial charge < -0.3 is 10.1 Å². The van der Waals surface area contributed by atoms with Gasteiger partial charge in [-0.3, -0.25) is 4.90 Å². The summed E-state index contributed by atoms with van der Waals surface area (Å²) in [6.07, 6.45) is 8.37. The number of rotatable bonds is 6. The molecule has 1 N–H and O–H groups in total. The van der Waals surface area contributed by atoms with Crippen LogP contribution in [0.5, 0.6) is 0 Å². The van der Waals surface area contributed by atoms with Crippen LogP contribution >= 0.6 is 0 Å². The summed E-state index contributed by atoms with van der Waals surface area (Å²) < 4.78 is 5.97. The van der Waals surface area contributed by atoms with Crippen molar-refractivity contribution < 1.29 is 4.74 Å². The first-order valence-electron chi connectivity index (χ1n) is 7.94. The van der Waals surface area contributed by atoms with E-state index in [0.29, 0.717) is 18.2 Å². The summed E-state index contributed by atoms with van der Waals surface area (Å²) in [5, 5.41) is 3.60. The maximum atomic E-state index is 5.97. The molecule has 0 aromatic heterocycles. The molecule has 0 radical (unpaired) electrons. The summed E-state index contributed by atoms with van der Waals surface area (Å²) in [4.78, 5) is 2.75. The molecule has 1 aliphatic heterocycles. The van der Waals surface area contributed by atoms with Crippen LogP contribution in [0.1, 0.15) is 52.4 Å². The molecule has 2 aliphatic rings. The topological polar surface area (TPSA) is 24.5 Å². The molecule has 1 saturated carbocycles. The van der Waals surface area contributed by atoms with E-state index < -0.39 is 0 Å². The lowest BCUT2D eigenvalue weighted by Gasteiger charge is -2.47. The molecule has 0 aromatic rings. The Kier molecular flexibility index (Phi) is 5.93. The molecule has 2 fully saturated rings. The van der Waals surface area contributed by atoms with E-state index in [9.17, 15) is 0 Å². The van der Waals surface area contributed by atoms with E-state index in [1.807, 2.05) is 0 Å². The van der Waals surface area contributed by atoms with Gasteiger partial charge in [0, 0.05) is 25.2 Å². The van der Waals surface area contributed by atoms with Crippen LogP contribution in [0.15, 0.2) is 0 Å². The maximum Gasteiger partial charge on any atom is 0.0731 e. The Hall–Kier alpha value is -0.120. The molecule has 1 heterocycles. The zero-order chi connectivity index (χ0) is 12.8. The fourth-order valence-corrected chi connectivity index (χ4v) is 3.52. The van der Waals surface area contributed by atoms with E-state index in [4.69, 9.17) is 4.74 Å². The highest BCUT2D eigenvalue weighted by Crippen LogP contribution is 2.30. The Balaban J connectivity index is 1.90. The Morgan fingerprint density at radius 3 is 2.89 bits per heavy atom. The lowest BCUT2D eigenvalue weighted by molar-refractivity contribution is -0.102. The van der Waals surface area contributed by atoms with E-state index in [1.54, 1.807) is 0 Å². The van der Waals surface area contributed by atoms with Gasteiger partial charge in [-0.25, -0.2) is 0 Å². The second-order valence-corrected chi connectivity index (χ2v) is 5.77. The smallest absolute Gasteiger partial charge is 0.0731 e. The molecule has 1 saturated heterocycles. The number of hydrogen-bond acceptors (Lipinski definition) is 3. The first-order chi connectivity index (χ1) is 8.86. The Morgan fingerprint density at radius 1 is 1.28 bits per heavy atom. The molecule has 0 amide bonds. The molecule has 3 unspecified atom stereocenters. The number of hydrogen-bond donors (Lipinski definition) is 1. The summed E-state index contributed by atoms with van der Waals surface area (Å²) in [6, 6.07) is 1.40. The van der Waals surface area contributed by atoms with Crippen LogP contribution in [-0.2, 0) is 4.74 Å². The monoisotopic (exact) mass is 254 g/mol. The minimum atomic E-state index is 0.521. The predicted octanol–water partition coefficient (Wildman–Crippen LogP) is 2.41. The highest BCUT2D eigenvalue weighted by atomic mass is 16.5. The van der Waals surface area contributed by atoms with Crippen LogP contribution in [0.3, 0.4) is 0 Å². The van der Waals surface area contributed by atoms with Crippen molar-refractivity contribution in [2.75, 3.05) is 26.2 Å². The Morgan fingerprint density at radius 2 is 2.11 bits per heavy atom. The lowest BCUT2D eigenvalue weighted by atomic mass is 9.89. The first-order valence-corrected chi connectivity index (χ1v) is 7.94. The summed E-state index contributed by atoms with van der Waals surface area (Å²) in [6.45, 7) is 8.92. The fourth-order valence-electron chi connectivity index (χ4n) is 3.52. The van der Waals surface area contributed by atoms with E-state index in [-0.39, 0.29) is 0 Å². The van der Waals surface area contributed by atoms with Gasteiger partial charge in [0.25, 0.3) is 0 Å². The second-order valence-electron chi connectivity index (χ2n) is 5.77. The third-order valence-corrected chi connectivity index (χ3v) is 4.52. The average Bonchev–Trinajstić information content (AvgIpc) is 2.43. The van der Waals surface area contributed by atoms with Crippen LogP contribution in [0.2, 0.25) is 0 Å². The fraction of sp³-hybridized carbons (Fsp3) is 1.00. The van der Waals surface area contributed by atoms with Gasteiger partial charge in [-0.2, -0.15) is 0 Å². The van der Waals surface area contributed by atoms with Crippen molar-refractivity contribution in [1.82, 2.24) is 10.2 Å². The number of ether oxygens (including phenoxy) is 1. The average molecular weight is 254 g/mol. The molecule has 2 rings (SSSR count). The van der Waals surface area contributed by atoms with Gasteiger partial charge >= 0.3 is 0 Å². The normalized spacial score (nSPS) is 31.0. The first kappa shape index (κ1) is 14.3. The molecule has 18 heavy (non-hydrogen) atoms. The van der Waals surface area contributed by atoms with Gasteiger partial charge in [0.15, 0.2) is 0 Å². The van der Waals surface area contributed by atoms with E-state index in [0.717, 1.165) is 26.2 Å². The van der Waals surface area contributed by atoms with Gasteiger partial charge in [-0.15, -0.1) is 0 Å². The van der Waals surface area contributed by atoms with Crippen LogP contribution in [0, 0.1) is 0 Å². The molecule has 3 nitrogen and oxygen atoms in total. The molecule has 0 bridgehead atoms. The molecule has 106 valence electrons. The molecular weight excluding hydrogens is 224 g/mol. The zero-order valence-electron chi connectivity index (χ0n) is 12.2. The number of fused-ring (bicyclic) bond motifs is 1. The van der Waals surface area contributed by atoms with Gasteiger partial charge in [-0.1, -0.05) is 26.7 Å². The zero-order valence-corrected chi connectivity index (χ0v) is 12.2. The minimum absolute atomic E-state index is 0.521. The van der Waals surface area contributed by atoms with Gasteiger partial charge in [-0.05, 0) is 32.2 Å². The highest BCUT2D eigenvalue weighted by Gasteiger charge is 2.36. The molecule has 3 heteroatoms. The van der Waals surface area contributed by atoms with E-state index in [2.05, 4.69) is 24.1 Å². The Bertz CT molecular complexity index is 233. The van der Waals surface area contributed by atoms with Crippen LogP contribution < -0.4 is 5.32 Å². The van der Waals surface area contributed by atoms with Crippen molar-refractivity contribution >= 4 is 0 Å². The third kappa shape index (κ3) is 3.46. The van der Waals surface area contributed by atoms with Gasteiger partial charge in [0.05, 0.1) is 12.7 Å². The lowest BCUT2D eigenvalue weighted by Crippen LogP contribution is -2.58. The van der Waals surface area contributed by atoms with Crippen molar-refractivity contribution in [2.24, 2.45) is 0 Å². The Labute approximate surface area is 112 Å². The molecule has 3 atom stereocenters. The molecule has 0 spiro atoms. The van der Waals surface area contributed by atoms with Crippen molar-refractivity contribution in [2.45, 2.75) is 70.6 Å². The quantitative estimate of drug-likeness (QED) is 0.737. The number of nitrogens with zero attached hydrogens (tertiary/aromatic N) is 1. The largest absolute Gasteiger partial charge is 0.375 e. The second kappa shape index (κ2) is 7.46. The SMILES string of the molecule is CCCNCC(CC)N1CCOC2CCCCC21. The number of morpholine rings is 1. The van der Waals surface area contributed by atoms with Crippen molar-refractivity contribution in [3.05, 3.63) is 0 Å². The maximum absolute atomic E-state index is 5.97. The molecule has 1 aliphatic carbocycles. The highest BCUT2D eigenvalue weighted by molar-refractivity contribution is 4.90. The minimum Gasteiger partial charge on any atom is -0.375 e. The predicted molar refractivity (Wildman–Crippen MR) is 75.9 cm³/mol. The van der Waals surface area contributed by atoms with Gasteiger partial charge in [0.2, 0.25) is 0 Å². The number of nitrogens with one attached hydrogen (secondary N) is 1. The van der Waals surface area contributed by atoms with Crippen molar-refractivity contribution in [1.29, 1.82) is 0 Å². The van der Waals surface area contributed by atoms with Crippen molar-refractivity contribution in [3.8, 4) is 0 Å². The summed E-state index contributed by atoms with van der Waals surface area (Å²) in [5.74, 6) is 0. The van der Waals surface area contributed by atoms with Crippen LogP contribution in [-0.4, -0.2) is 49.3 Å². The molecular formula is C15H30N2O. The summed E-state index contributed by atoms with van der Waals surface area (Å²) in [7, 11) is 0. The molecule has 0 aromatic carbocycles. The third-order valence-electron chi connectivity index (χ3n) is 4.52. The van der Waals surface area contributed by atoms with Gasteiger partial charge in [0.1, 0.15) is 0 Å².